The van der Waals surface area contributed by atoms with Crippen LogP contribution in [0, 0.1) is 5.82 Å². The highest BCUT2D eigenvalue weighted by Crippen LogP contribution is 2.31. The summed E-state index contributed by atoms with van der Waals surface area (Å²) >= 11 is 5.66. The quantitative estimate of drug-likeness (QED) is 0.924. The second-order valence-corrected chi connectivity index (χ2v) is 4.94. The molecule has 0 saturated heterocycles. The van der Waals surface area contributed by atoms with Crippen molar-refractivity contribution in [1.82, 2.24) is 5.32 Å². The number of ether oxygens (including phenoxy) is 1. The Labute approximate surface area is 116 Å². The summed E-state index contributed by atoms with van der Waals surface area (Å²) in [5.74, 6) is 0.534. The number of rotatable bonds is 3. The van der Waals surface area contributed by atoms with E-state index in [0.29, 0.717) is 13.2 Å². The highest BCUT2D eigenvalue weighted by molar-refractivity contribution is 6.30. The monoisotopic (exact) mass is 277 g/mol. The lowest BCUT2D eigenvalue weighted by Crippen LogP contribution is -2.22. The number of hydrogen-bond acceptors (Lipinski definition) is 2. The molecule has 0 radical (unpaired) electrons. The summed E-state index contributed by atoms with van der Waals surface area (Å²) in [7, 11) is 0. The fraction of sp³-hybridized carbons (Fsp3) is 0.200. The van der Waals surface area contributed by atoms with Gasteiger partial charge in [-0.1, -0.05) is 35.9 Å². The van der Waals surface area contributed by atoms with Crippen molar-refractivity contribution in [2.45, 2.75) is 12.6 Å². The first-order valence-corrected chi connectivity index (χ1v) is 6.51. The number of halogens is 2. The predicted octanol–water partition coefficient (Wildman–Crippen LogP) is 3.70. The Morgan fingerprint density at radius 3 is 2.95 bits per heavy atom. The van der Waals surface area contributed by atoms with Crippen molar-refractivity contribution in [2.24, 2.45) is 0 Å². The van der Waals surface area contributed by atoms with E-state index in [1.165, 1.54) is 6.07 Å². The largest absolute Gasteiger partial charge is 0.491 e. The summed E-state index contributed by atoms with van der Waals surface area (Å²) in [6, 6.07) is 12.9. The first-order chi connectivity index (χ1) is 9.24. The molecule has 0 fully saturated rings. The normalized spacial score (nSPS) is 17.1. The minimum absolute atomic E-state index is 0.148. The van der Waals surface area contributed by atoms with Crippen LogP contribution >= 0.6 is 11.6 Å². The lowest BCUT2D eigenvalue weighted by molar-refractivity contribution is 0.310. The number of benzene rings is 2. The van der Waals surface area contributed by atoms with Crippen molar-refractivity contribution < 1.29 is 9.13 Å². The second kappa shape index (κ2) is 5.19. The van der Waals surface area contributed by atoms with E-state index in [4.69, 9.17) is 16.3 Å². The number of nitrogens with one attached hydrogen (secondary N) is 1. The molecular formula is C15H13ClFNO. The molecular weight excluding hydrogens is 265 g/mol. The molecule has 0 aromatic heterocycles. The van der Waals surface area contributed by atoms with E-state index in [-0.39, 0.29) is 16.9 Å². The van der Waals surface area contributed by atoms with E-state index >= 15 is 0 Å². The van der Waals surface area contributed by atoms with Gasteiger partial charge in [0.15, 0.2) is 0 Å². The molecule has 0 spiro atoms. The predicted molar refractivity (Wildman–Crippen MR) is 72.9 cm³/mol. The third-order valence-corrected chi connectivity index (χ3v) is 3.54. The van der Waals surface area contributed by atoms with Gasteiger partial charge >= 0.3 is 0 Å². The van der Waals surface area contributed by atoms with E-state index in [9.17, 15) is 4.39 Å². The van der Waals surface area contributed by atoms with Gasteiger partial charge in [-0.25, -0.2) is 4.39 Å². The van der Waals surface area contributed by atoms with Crippen LogP contribution in [0.4, 0.5) is 4.39 Å². The Hall–Kier alpha value is -1.58. The fourth-order valence-electron chi connectivity index (χ4n) is 2.22. The zero-order valence-electron chi connectivity index (χ0n) is 10.2. The molecule has 3 rings (SSSR count). The average molecular weight is 278 g/mol. The minimum Gasteiger partial charge on any atom is -0.491 e. The van der Waals surface area contributed by atoms with Crippen LogP contribution in [0.15, 0.2) is 42.5 Å². The molecule has 1 heterocycles. The zero-order chi connectivity index (χ0) is 13.2. The van der Waals surface area contributed by atoms with Gasteiger partial charge in [0.2, 0.25) is 0 Å². The van der Waals surface area contributed by atoms with Gasteiger partial charge in [0.1, 0.15) is 18.2 Å². The standard InChI is InChI=1S/C15H13ClFNO/c16-12-6-5-10(7-13(12)17)8-18-14-9-19-15-4-2-1-3-11(14)15/h1-7,14,18H,8-9H2. The van der Waals surface area contributed by atoms with Gasteiger partial charge in [-0.2, -0.15) is 0 Å². The Morgan fingerprint density at radius 1 is 1.26 bits per heavy atom. The maximum atomic E-state index is 13.3. The van der Waals surface area contributed by atoms with E-state index in [1.54, 1.807) is 6.07 Å². The van der Waals surface area contributed by atoms with Crippen molar-refractivity contribution >= 4 is 11.6 Å². The van der Waals surface area contributed by atoms with Crippen LogP contribution in [0.1, 0.15) is 17.2 Å². The lowest BCUT2D eigenvalue weighted by Gasteiger charge is -2.11. The number of fused-ring (bicyclic) bond motifs is 1. The molecule has 2 aromatic carbocycles. The maximum absolute atomic E-state index is 13.3. The third-order valence-electron chi connectivity index (χ3n) is 3.24. The molecule has 98 valence electrons. The Kier molecular flexibility index (Phi) is 3.40. The summed E-state index contributed by atoms with van der Waals surface area (Å²) in [4.78, 5) is 0. The third kappa shape index (κ3) is 2.57. The SMILES string of the molecule is Fc1cc(CNC2COc3ccccc32)ccc1Cl. The maximum Gasteiger partial charge on any atom is 0.142 e. The highest BCUT2D eigenvalue weighted by Gasteiger charge is 2.22. The average Bonchev–Trinajstić information content (AvgIpc) is 2.83. The fourth-order valence-corrected chi connectivity index (χ4v) is 2.34. The van der Waals surface area contributed by atoms with Gasteiger partial charge < -0.3 is 10.1 Å². The Morgan fingerprint density at radius 2 is 2.11 bits per heavy atom. The van der Waals surface area contributed by atoms with Crippen molar-refractivity contribution in [2.75, 3.05) is 6.61 Å². The molecule has 0 saturated carbocycles. The van der Waals surface area contributed by atoms with Crippen LogP contribution in [-0.4, -0.2) is 6.61 Å². The van der Waals surface area contributed by atoms with Crippen molar-refractivity contribution in [3.63, 3.8) is 0 Å². The van der Waals surface area contributed by atoms with E-state index in [2.05, 4.69) is 5.32 Å². The van der Waals surface area contributed by atoms with Gasteiger partial charge in [-0.3, -0.25) is 0 Å². The highest BCUT2D eigenvalue weighted by atomic mass is 35.5. The van der Waals surface area contributed by atoms with Gasteiger partial charge in [-0.05, 0) is 23.8 Å². The van der Waals surface area contributed by atoms with Crippen LogP contribution in [0.5, 0.6) is 5.75 Å². The van der Waals surface area contributed by atoms with Crippen molar-refractivity contribution in [3.05, 3.63) is 64.4 Å². The molecule has 1 N–H and O–H groups in total. The Balaban J connectivity index is 1.69. The molecule has 1 atom stereocenters. The van der Waals surface area contributed by atoms with E-state index < -0.39 is 0 Å². The molecule has 2 aromatic rings. The van der Waals surface area contributed by atoms with Crippen molar-refractivity contribution in [1.29, 1.82) is 0 Å². The topological polar surface area (TPSA) is 21.3 Å². The molecule has 19 heavy (non-hydrogen) atoms. The van der Waals surface area contributed by atoms with Gasteiger partial charge in [0.05, 0.1) is 11.1 Å². The summed E-state index contributed by atoms with van der Waals surface area (Å²) in [5.41, 5.74) is 2.02. The summed E-state index contributed by atoms with van der Waals surface area (Å²) in [6.45, 7) is 1.19. The van der Waals surface area contributed by atoms with Gasteiger partial charge in [-0.15, -0.1) is 0 Å². The van der Waals surface area contributed by atoms with Crippen LogP contribution in [0.25, 0.3) is 0 Å². The van der Waals surface area contributed by atoms with Crippen LogP contribution in [0.3, 0.4) is 0 Å². The summed E-state index contributed by atoms with van der Waals surface area (Å²) in [6.07, 6.45) is 0. The zero-order valence-corrected chi connectivity index (χ0v) is 11.0. The minimum atomic E-state index is -0.385. The Bertz CT molecular complexity index is 602. The van der Waals surface area contributed by atoms with Crippen LogP contribution in [-0.2, 0) is 6.54 Å². The molecule has 1 aliphatic rings. The first-order valence-electron chi connectivity index (χ1n) is 6.13. The van der Waals surface area contributed by atoms with Crippen LogP contribution < -0.4 is 10.1 Å². The molecule has 1 unspecified atom stereocenters. The molecule has 4 heteroatoms. The summed E-state index contributed by atoms with van der Waals surface area (Å²) in [5, 5.41) is 3.52. The second-order valence-electron chi connectivity index (χ2n) is 4.53. The molecule has 0 bridgehead atoms. The summed E-state index contributed by atoms with van der Waals surface area (Å²) < 4.78 is 18.9. The number of para-hydroxylation sites is 1. The van der Waals surface area contributed by atoms with E-state index in [0.717, 1.165) is 16.9 Å². The van der Waals surface area contributed by atoms with Gasteiger partial charge in [0, 0.05) is 12.1 Å². The van der Waals surface area contributed by atoms with Crippen molar-refractivity contribution in [3.8, 4) is 5.75 Å². The first kappa shape index (κ1) is 12.5. The molecule has 1 aliphatic heterocycles. The molecule has 2 nitrogen and oxygen atoms in total. The number of hydrogen-bond donors (Lipinski definition) is 1. The lowest BCUT2D eigenvalue weighted by atomic mass is 10.1. The van der Waals surface area contributed by atoms with E-state index in [1.807, 2.05) is 30.3 Å². The van der Waals surface area contributed by atoms with Crippen LogP contribution in [0.2, 0.25) is 5.02 Å². The molecule has 0 aliphatic carbocycles. The van der Waals surface area contributed by atoms with Gasteiger partial charge in [0.25, 0.3) is 0 Å². The molecule has 0 amide bonds. The smallest absolute Gasteiger partial charge is 0.142 e.